The molecule has 0 aliphatic carbocycles. The fourth-order valence-electron chi connectivity index (χ4n) is 12.5. The molecule has 0 radical (unpaired) electrons. The van der Waals surface area contributed by atoms with Crippen molar-refractivity contribution in [2.75, 3.05) is 317 Å². The first-order valence-electron chi connectivity index (χ1n) is 49.9. The van der Waals surface area contributed by atoms with E-state index in [4.69, 9.17) is 94.7 Å². The molecule has 0 bridgehead atoms. The maximum atomic E-state index is 13.0. The SMILES string of the molecule is CCCCCCCCCCCCCCCCOCCOCCOCCOCCNC(=O)CCOCCNC(=O)CCOCCNC(=O)CCOCCOCCOCCOCCN(CCOCCOCCOCCOCCC(=O)NCCOCCC(=O)NCCOCCC(=O)NCCOCCOCCOCCOCCCCCCCCCCCCCCCC)C(=O)CC(C)C. The van der Waals surface area contributed by atoms with Crippen LogP contribution in [-0.2, 0) is 128 Å². The van der Waals surface area contributed by atoms with Crippen molar-refractivity contribution in [1.82, 2.24) is 36.8 Å². The van der Waals surface area contributed by atoms with Crippen molar-refractivity contribution in [1.29, 1.82) is 0 Å². The average Bonchev–Trinajstić information content (AvgIpc) is 0.929. The Bertz CT molecular complexity index is 2250. The van der Waals surface area contributed by atoms with Gasteiger partial charge in [0.15, 0.2) is 0 Å². The molecule has 0 unspecified atom stereocenters. The van der Waals surface area contributed by atoms with Gasteiger partial charge in [-0.25, -0.2) is 0 Å². The quantitative estimate of drug-likeness (QED) is 0.0308. The third-order valence-corrected chi connectivity index (χ3v) is 19.9. The van der Waals surface area contributed by atoms with Gasteiger partial charge in [0.25, 0.3) is 0 Å². The summed E-state index contributed by atoms with van der Waals surface area (Å²) in [6.07, 6.45) is 39.3. The Morgan fingerprint density at radius 3 is 0.519 bits per heavy atom. The van der Waals surface area contributed by atoms with E-state index in [-0.39, 0.29) is 152 Å². The molecule has 0 aliphatic rings. The largest absolute Gasteiger partial charge is 0.379 e. The smallest absolute Gasteiger partial charge is 0.222 e. The topological polar surface area (TPSA) is 380 Å². The highest BCUT2D eigenvalue weighted by atomic mass is 16.6. The van der Waals surface area contributed by atoms with Crippen LogP contribution in [0.5, 0.6) is 0 Å². The van der Waals surface area contributed by atoms with Gasteiger partial charge < -0.3 is 132 Å². The van der Waals surface area contributed by atoms with Crippen LogP contribution in [0.1, 0.15) is 252 Å². The summed E-state index contributed by atoms with van der Waals surface area (Å²) < 4.78 is 111. The number of hydrogen-bond acceptors (Lipinski definition) is 27. The Morgan fingerprint density at radius 2 is 0.333 bits per heavy atom. The van der Waals surface area contributed by atoms with Crippen molar-refractivity contribution in [2.45, 2.75) is 252 Å². The Labute approximate surface area is 778 Å². The second kappa shape index (κ2) is 107. The van der Waals surface area contributed by atoms with E-state index >= 15 is 0 Å². The molecule has 7 amide bonds. The Kier molecular flexibility index (Phi) is 103. The standard InChI is InChI=1S/C95H185N7O27/c1-5-7-9-11-13-15-17-19-21-23-25-27-29-31-47-110-63-71-122-79-83-126-75-67-118-59-43-100-91(105)35-51-114-55-39-96-89(103)33-49-112-57-41-98-93(107)37-53-116-65-73-124-81-85-128-77-69-120-61-45-102(95(109)87-88(3)4)46-62-121-70-78-129-86-82-125-74-66-117-54-38-94(108)99-42-58-113-50-34-90(104)97-40-56-115-52-36-92(106)101-44-60-119-68-76-127-84-80-123-72-64-111-48-32-30-28-26-24-22-20-18-16-14-12-10-8-6-2/h88H,5-87H2,1-4H3,(H,96,103)(H,97,104)(H,98,107)(H,99,108)(H,100,105)(H,101,106). The normalized spacial score (nSPS) is 11.5. The minimum atomic E-state index is -0.188. The number of nitrogens with zero attached hydrogens (tertiary/aromatic N) is 1. The molecule has 0 saturated carbocycles. The lowest BCUT2D eigenvalue weighted by Gasteiger charge is -2.23. The van der Waals surface area contributed by atoms with E-state index in [0.29, 0.717) is 244 Å². The van der Waals surface area contributed by atoms with Crippen LogP contribution in [0, 0.1) is 5.92 Å². The molecule has 0 spiro atoms. The number of rotatable bonds is 110. The number of nitrogens with one attached hydrogen (secondary N) is 6. The highest BCUT2D eigenvalue weighted by molar-refractivity contribution is 5.78. The summed E-state index contributed by atoms with van der Waals surface area (Å²) in [5.74, 6) is -0.764. The van der Waals surface area contributed by atoms with Gasteiger partial charge in [-0.1, -0.05) is 195 Å². The Hall–Kier alpha value is -4.51. The lowest BCUT2D eigenvalue weighted by Crippen LogP contribution is -2.37. The van der Waals surface area contributed by atoms with Gasteiger partial charge in [0.05, 0.1) is 251 Å². The van der Waals surface area contributed by atoms with Crippen molar-refractivity contribution in [3.63, 3.8) is 0 Å². The lowest BCUT2D eigenvalue weighted by atomic mass is 10.0. The summed E-state index contributed by atoms with van der Waals surface area (Å²) in [4.78, 5) is 87.6. The van der Waals surface area contributed by atoms with E-state index in [1.54, 1.807) is 4.90 Å². The molecule has 0 aromatic heterocycles. The molecule has 34 nitrogen and oxygen atoms in total. The fraction of sp³-hybridized carbons (Fsp3) is 0.926. The monoisotopic (exact) mass is 1860 g/mol. The number of carbonyl (C=O) groups is 7. The molecule has 129 heavy (non-hydrogen) atoms. The van der Waals surface area contributed by atoms with Crippen LogP contribution in [0.25, 0.3) is 0 Å². The molecule has 0 atom stereocenters. The second-order valence-electron chi connectivity index (χ2n) is 32.0. The summed E-state index contributed by atoms with van der Waals surface area (Å²) in [7, 11) is 0. The predicted molar refractivity (Wildman–Crippen MR) is 499 cm³/mol. The average molecular weight is 1860 g/mol. The fourth-order valence-corrected chi connectivity index (χ4v) is 12.5. The predicted octanol–water partition coefficient (Wildman–Crippen LogP) is 10.2. The third kappa shape index (κ3) is 105. The van der Waals surface area contributed by atoms with Crippen LogP contribution in [0.2, 0.25) is 0 Å². The minimum absolute atomic E-state index is 0.0385. The van der Waals surface area contributed by atoms with E-state index in [0.717, 1.165) is 26.1 Å². The first-order valence-corrected chi connectivity index (χ1v) is 49.9. The summed E-state index contributed by atoms with van der Waals surface area (Å²) in [5.41, 5.74) is 0. The second-order valence-corrected chi connectivity index (χ2v) is 32.0. The zero-order chi connectivity index (χ0) is 93.3. The molecule has 6 N–H and O–H groups in total. The summed E-state index contributed by atoms with van der Waals surface area (Å²) >= 11 is 0. The van der Waals surface area contributed by atoms with E-state index in [2.05, 4.69) is 45.7 Å². The van der Waals surface area contributed by atoms with Gasteiger partial charge in [-0.15, -0.1) is 0 Å². The number of unbranched alkanes of at least 4 members (excludes halogenated alkanes) is 26. The molecule has 0 aromatic rings. The van der Waals surface area contributed by atoms with E-state index < -0.39 is 0 Å². The molecule has 0 aliphatic heterocycles. The molecule has 0 fully saturated rings. The maximum Gasteiger partial charge on any atom is 0.222 e. The van der Waals surface area contributed by atoms with Crippen molar-refractivity contribution in [3.8, 4) is 0 Å². The molecule has 0 rings (SSSR count). The minimum Gasteiger partial charge on any atom is -0.379 e. The van der Waals surface area contributed by atoms with Gasteiger partial charge >= 0.3 is 0 Å². The van der Waals surface area contributed by atoms with Gasteiger partial charge in [0, 0.05) is 111 Å². The molecule has 0 heterocycles. The van der Waals surface area contributed by atoms with Crippen LogP contribution < -0.4 is 31.9 Å². The highest BCUT2D eigenvalue weighted by Crippen LogP contribution is 2.16. The number of amides is 7. The van der Waals surface area contributed by atoms with Gasteiger partial charge in [-0.05, 0) is 18.8 Å². The van der Waals surface area contributed by atoms with Crippen LogP contribution in [0.4, 0.5) is 0 Å². The molecular formula is C95H185N7O27. The highest BCUT2D eigenvalue weighted by Gasteiger charge is 2.16. The molecule has 34 heteroatoms. The van der Waals surface area contributed by atoms with Crippen molar-refractivity contribution in [2.24, 2.45) is 5.92 Å². The molecule has 762 valence electrons. The van der Waals surface area contributed by atoms with Crippen molar-refractivity contribution >= 4 is 41.4 Å². The summed E-state index contributed by atoms with van der Waals surface area (Å²) in [6, 6.07) is 0. The zero-order valence-corrected chi connectivity index (χ0v) is 81.2. The summed E-state index contributed by atoms with van der Waals surface area (Å²) in [5, 5.41) is 16.6. The van der Waals surface area contributed by atoms with Crippen LogP contribution >= 0.6 is 0 Å². The Morgan fingerprint density at radius 1 is 0.186 bits per heavy atom. The molecule has 0 aromatic carbocycles. The number of ether oxygens (including phenoxy) is 20. The van der Waals surface area contributed by atoms with Gasteiger partial charge in [0.2, 0.25) is 41.4 Å². The van der Waals surface area contributed by atoms with Crippen LogP contribution in [0.15, 0.2) is 0 Å². The first kappa shape index (κ1) is 124. The molecular weight excluding hydrogens is 1670 g/mol. The third-order valence-electron chi connectivity index (χ3n) is 19.9. The number of carbonyl (C=O) groups excluding carboxylic acids is 7. The van der Waals surface area contributed by atoms with E-state index in [1.807, 2.05) is 13.8 Å². The number of hydrogen-bond donors (Lipinski definition) is 6. The van der Waals surface area contributed by atoms with Crippen molar-refractivity contribution in [3.05, 3.63) is 0 Å². The van der Waals surface area contributed by atoms with Crippen molar-refractivity contribution < 1.29 is 128 Å². The Balaban J connectivity index is 3.55. The van der Waals surface area contributed by atoms with Gasteiger partial charge in [-0.3, -0.25) is 33.6 Å². The van der Waals surface area contributed by atoms with E-state index in [9.17, 15) is 33.6 Å². The summed E-state index contributed by atoms with van der Waals surface area (Å²) in [6.45, 7) is 27.2. The van der Waals surface area contributed by atoms with Crippen LogP contribution in [-0.4, -0.2) is 363 Å². The van der Waals surface area contributed by atoms with Crippen LogP contribution in [0.3, 0.4) is 0 Å². The molecule has 0 saturated heterocycles. The zero-order valence-electron chi connectivity index (χ0n) is 81.2. The van der Waals surface area contributed by atoms with E-state index in [1.165, 1.54) is 167 Å². The van der Waals surface area contributed by atoms with Gasteiger partial charge in [0.1, 0.15) is 0 Å². The van der Waals surface area contributed by atoms with Gasteiger partial charge in [-0.2, -0.15) is 0 Å². The maximum absolute atomic E-state index is 13.0. The first-order chi connectivity index (χ1) is 63.5. The lowest BCUT2D eigenvalue weighted by molar-refractivity contribution is -0.134.